The first-order valence-corrected chi connectivity index (χ1v) is 11.0. The number of ether oxygens (including phenoxy) is 1. The second kappa shape index (κ2) is 6.33. The Kier molecular flexibility index (Phi) is 4.38. The number of rotatable bonds is 2. The summed E-state index contributed by atoms with van der Waals surface area (Å²) in [6, 6.07) is 3.79. The Bertz CT molecular complexity index is 884. The third-order valence-corrected chi connectivity index (χ3v) is 9.05. The Labute approximate surface area is 189 Å². The van der Waals surface area contributed by atoms with Crippen LogP contribution in [-0.2, 0) is 16.6 Å². The molecule has 1 spiro atoms. The normalized spacial score (nSPS) is 42.2. The lowest BCUT2D eigenvalue weighted by Gasteiger charge is -2.64. The number of Topliss-reactive ketones (excluding diaryl/α,β-unsaturated/α-hetero) is 1. The van der Waals surface area contributed by atoms with E-state index >= 15 is 0 Å². The Hall–Kier alpha value is -0.860. The van der Waals surface area contributed by atoms with Gasteiger partial charge in [0.1, 0.15) is 11.6 Å². The van der Waals surface area contributed by atoms with Gasteiger partial charge in [-0.05, 0) is 30.9 Å². The first kappa shape index (κ1) is 20.1. The zero-order valence-electron chi connectivity index (χ0n) is 17.0. The van der Waals surface area contributed by atoms with Crippen molar-refractivity contribution in [1.82, 2.24) is 0 Å². The zero-order chi connectivity index (χ0) is 19.3. The van der Waals surface area contributed by atoms with Crippen molar-refractivity contribution >= 4 is 5.78 Å². The average Bonchev–Trinajstić information content (AvgIpc) is 3.29. The third-order valence-electron chi connectivity index (χ3n) is 9.05. The van der Waals surface area contributed by atoms with Crippen molar-refractivity contribution < 1.29 is 48.2 Å². The topological polar surface area (TPSA) is 66.8 Å². The van der Waals surface area contributed by atoms with E-state index in [1.54, 1.807) is 6.07 Å². The summed E-state index contributed by atoms with van der Waals surface area (Å²) in [5.41, 5.74) is 0.484. The molecule has 2 N–H and O–H groups in total. The number of aromatic hydroxyl groups is 1. The van der Waals surface area contributed by atoms with Gasteiger partial charge in [0.2, 0.25) is 0 Å². The molecule has 5 nitrogen and oxygen atoms in total. The third kappa shape index (κ3) is 2.31. The largest absolute Gasteiger partial charge is 1.00 e. The van der Waals surface area contributed by atoms with E-state index in [0.717, 1.165) is 47.5 Å². The molecule has 29 heavy (non-hydrogen) atoms. The number of likely N-dealkylation sites (N-methyl/N-ethyl adjacent to an activating group) is 1. The summed E-state index contributed by atoms with van der Waals surface area (Å²) in [5, 5.41) is 22.7. The molecule has 2 bridgehead atoms. The summed E-state index contributed by atoms with van der Waals surface area (Å²) in [6.45, 7) is 2.09. The van der Waals surface area contributed by atoms with Crippen molar-refractivity contribution in [3.05, 3.63) is 23.3 Å². The molecule has 6 rings (SSSR count). The second-order valence-electron chi connectivity index (χ2n) is 10.3. The summed E-state index contributed by atoms with van der Waals surface area (Å²) in [7, 11) is 2.33. The number of piperidine rings is 1. The molecule has 0 radical (unpaired) electrons. The van der Waals surface area contributed by atoms with E-state index in [9.17, 15) is 15.0 Å². The lowest BCUT2D eigenvalue weighted by atomic mass is 9.48. The van der Waals surface area contributed by atoms with Gasteiger partial charge in [-0.15, -0.1) is 0 Å². The fourth-order valence-corrected chi connectivity index (χ4v) is 7.83. The van der Waals surface area contributed by atoms with Crippen LogP contribution in [0.1, 0.15) is 56.1 Å². The van der Waals surface area contributed by atoms with Gasteiger partial charge < -0.3 is 43.4 Å². The van der Waals surface area contributed by atoms with Crippen molar-refractivity contribution in [2.45, 2.75) is 74.5 Å². The number of hydrogen-bond donors (Lipinski definition) is 2. The monoisotopic (exact) mass is 511 g/mol. The summed E-state index contributed by atoms with van der Waals surface area (Å²) in [5.74, 6) is 1.39. The molecular weight excluding hydrogens is 481 g/mol. The van der Waals surface area contributed by atoms with Crippen LogP contribution in [0.25, 0.3) is 0 Å². The van der Waals surface area contributed by atoms with E-state index < -0.39 is 17.1 Å². The van der Waals surface area contributed by atoms with Gasteiger partial charge in [0.25, 0.3) is 0 Å². The van der Waals surface area contributed by atoms with E-state index in [2.05, 4.69) is 7.05 Å². The van der Waals surface area contributed by atoms with Crippen molar-refractivity contribution in [3.8, 4) is 11.5 Å². The first-order chi connectivity index (χ1) is 13.4. The average molecular weight is 511 g/mol. The maximum Gasteiger partial charge on any atom is 0.174 e. The number of nitrogens with zero attached hydrogens (tertiary/aromatic N) is 1. The van der Waals surface area contributed by atoms with Crippen LogP contribution in [-0.4, -0.2) is 58.4 Å². The van der Waals surface area contributed by atoms with Crippen molar-refractivity contribution in [1.29, 1.82) is 0 Å². The minimum Gasteiger partial charge on any atom is -1.00 e. The highest BCUT2D eigenvalue weighted by atomic mass is 127. The fourth-order valence-electron chi connectivity index (χ4n) is 7.83. The van der Waals surface area contributed by atoms with Crippen LogP contribution >= 0.6 is 0 Å². The molecule has 158 valence electrons. The SMILES string of the molecule is C[N+]1(CC2CCCC2)CC[C@@]23c4c5ccc(O)c4O[C@H]2C(=O)CC[C@@]3(O)[C@H]1C5.[I-]. The molecular formula is C23H30INO4. The molecule has 5 aliphatic rings. The van der Waals surface area contributed by atoms with Gasteiger partial charge in [0.05, 0.1) is 25.6 Å². The number of halogens is 1. The van der Waals surface area contributed by atoms with Gasteiger partial charge in [-0.2, -0.15) is 0 Å². The molecule has 1 unspecified atom stereocenters. The van der Waals surface area contributed by atoms with E-state index in [-0.39, 0.29) is 41.6 Å². The number of hydrogen-bond acceptors (Lipinski definition) is 4. The highest BCUT2D eigenvalue weighted by molar-refractivity contribution is 5.90. The number of likely N-dealkylation sites (tertiary alicyclic amines) is 1. The summed E-state index contributed by atoms with van der Waals surface area (Å²) >= 11 is 0. The molecule has 3 fully saturated rings. The lowest BCUT2D eigenvalue weighted by molar-refractivity contribution is -0.951. The van der Waals surface area contributed by atoms with Crippen molar-refractivity contribution in [2.24, 2.45) is 5.92 Å². The maximum atomic E-state index is 12.9. The van der Waals surface area contributed by atoms with E-state index in [4.69, 9.17) is 4.74 Å². The molecule has 5 atom stereocenters. The number of phenolic OH excluding ortho intramolecular Hbond substituents is 1. The number of carbonyl (C=O) groups is 1. The van der Waals surface area contributed by atoms with Crippen LogP contribution in [0, 0.1) is 5.92 Å². The van der Waals surface area contributed by atoms with Gasteiger partial charge in [0.15, 0.2) is 23.4 Å². The maximum absolute atomic E-state index is 12.9. The second-order valence-corrected chi connectivity index (χ2v) is 10.3. The molecule has 0 amide bonds. The highest BCUT2D eigenvalue weighted by Crippen LogP contribution is 2.65. The smallest absolute Gasteiger partial charge is 0.174 e. The van der Waals surface area contributed by atoms with E-state index in [1.165, 1.54) is 25.7 Å². The van der Waals surface area contributed by atoms with Gasteiger partial charge in [0, 0.05) is 30.7 Å². The predicted octanol–water partition coefficient (Wildman–Crippen LogP) is -0.546. The number of benzene rings is 1. The summed E-state index contributed by atoms with van der Waals surface area (Å²) in [4.78, 5) is 12.9. The van der Waals surface area contributed by atoms with Gasteiger partial charge in [-0.3, -0.25) is 4.79 Å². The van der Waals surface area contributed by atoms with Crippen LogP contribution in [0.5, 0.6) is 11.5 Å². The van der Waals surface area contributed by atoms with Crippen molar-refractivity contribution in [2.75, 3.05) is 20.1 Å². The van der Waals surface area contributed by atoms with Gasteiger partial charge >= 0.3 is 0 Å². The number of phenols is 1. The molecule has 2 saturated carbocycles. The standard InChI is InChI=1S/C23H29NO4.HI/c1-24(13-14-4-2-3-5-14)11-10-22-19-15-6-7-16(25)20(19)28-21(22)17(26)8-9-23(22,27)18(24)12-15;/h6-7,14,18,21,27H,2-5,8-13H2,1H3;1H/t18-,21+,22-,23-,24?;/m1./s1. The summed E-state index contributed by atoms with van der Waals surface area (Å²) < 4.78 is 7.02. The van der Waals surface area contributed by atoms with E-state index in [1.807, 2.05) is 6.07 Å². The van der Waals surface area contributed by atoms with Crippen LogP contribution < -0.4 is 28.7 Å². The first-order valence-electron chi connectivity index (χ1n) is 11.0. The molecule has 1 saturated heterocycles. The van der Waals surface area contributed by atoms with Gasteiger partial charge in [-0.1, -0.05) is 18.9 Å². The van der Waals surface area contributed by atoms with Crippen LogP contribution in [0.15, 0.2) is 12.1 Å². The van der Waals surface area contributed by atoms with Crippen LogP contribution in [0.4, 0.5) is 0 Å². The molecule has 6 heteroatoms. The lowest BCUT2D eigenvalue weighted by Crippen LogP contribution is -3.00. The minimum atomic E-state index is -0.941. The highest BCUT2D eigenvalue weighted by Gasteiger charge is 2.76. The molecule has 0 aromatic heterocycles. The molecule has 2 heterocycles. The number of quaternary nitrogens is 1. The number of ketones is 1. The van der Waals surface area contributed by atoms with Gasteiger partial charge in [-0.25, -0.2) is 0 Å². The zero-order valence-corrected chi connectivity index (χ0v) is 19.2. The Morgan fingerprint density at radius 3 is 2.76 bits per heavy atom. The Morgan fingerprint density at radius 1 is 1.24 bits per heavy atom. The quantitative estimate of drug-likeness (QED) is 0.414. The molecule has 1 aromatic rings. The Balaban J connectivity index is 0.00000181. The predicted molar refractivity (Wildman–Crippen MR) is 103 cm³/mol. The minimum absolute atomic E-state index is 0. The fraction of sp³-hybridized carbons (Fsp3) is 0.696. The van der Waals surface area contributed by atoms with Crippen molar-refractivity contribution in [3.63, 3.8) is 0 Å². The molecule has 1 aromatic carbocycles. The molecule has 2 aliphatic heterocycles. The number of carbonyl (C=O) groups excluding carboxylic acids is 1. The molecule has 3 aliphatic carbocycles. The van der Waals surface area contributed by atoms with E-state index in [0.29, 0.717) is 18.6 Å². The Morgan fingerprint density at radius 2 is 2.00 bits per heavy atom. The summed E-state index contributed by atoms with van der Waals surface area (Å²) in [6.07, 6.45) is 7.08. The number of aliphatic hydroxyl groups is 1. The van der Waals surface area contributed by atoms with Crippen LogP contribution in [0.3, 0.4) is 0 Å². The van der Waals surface area contributed by atoms with Crippen LogP contribution in [0.2, 0.25) is 0 Å².